The van der Waals surface area contributed by atoms with Crippen LogP contribution in [0.25, 0.3) is 0 Å². The van der Waals surface area contributed by atoms with Crippen LogP contribution in [-0.2, 0) is 19.7 Å². The van der Waals surface area contributed by atoms with E-state index < -0.39 is 5.41 Å². The maximum atomic E-state index is 13.7. The van der Waals surface area contributed by atoms with E-state index in [1.54, 1.807) is 0 Å². The summed E-state index contributed by atoms with van der Waals surface area (Å²) in [5, 5.41) is 3.09. The van der Waals surface area contributed by atoms with Crippen molar-refractivity contribution in [3.8, 4) is 0 Å². The molecule has 0 bridgehead atoms. The molecule has 1 atom stereocenters. The number of carbonyl (C=O) groups excluding carboxylic acids is 2. The maximum absolute atomic E-state index is 13.7. The van der Waals surface area contributed by atoms with E-state index in [2.05, 4.69) is 38.3 Å². The molecule has 1 unspecified atom stereocenters. The van der Waals surface area contributed by atoms with Gasteiger partial charge in [-0.2, -0.15) is 0 Å². The number of ether oxygens (including phenoxy) is 1. The normalized spacial score (nSPS) is 23.4. The van der Waals surface area contributed by atoms with Crippen molar-refractivity contribution < 1.29 is 14.3 Å². The predicted molar refractivity (Wildman–Crippen MR) is 115 cm³/mol. The van der Waals surface area contributed by atoms with Crippen LogP contribution in [0.4, 0.5) is 0 Å². The van der Waals surface area contributed by atoms with Crippen LogP contribution in [0.15, 0.2) is 28.7 Å². The molecular weight excluding hydrogens is 434 g/mol. The number of carbonyl (C=O) groups is 2. The Labute approximate surface area is 181 Å². The van der Waals surface area contributed by atoms with Crippen LogP contribution in [0.5, 0.6) is 0 Å². The van der Waals surface area contributed by atoms with E-state index in [9.17, 15) is 9.59 Å². The highest BCUT2D eigenvalue weighted by atomic mass is 79.9. The molecule has 2 saturated heterocycles. The van der Waals surface area contributed by atoms with Crippen molar-refractivity contribution in [3.05, 3.63) is 34.3 Å². The molecule has 2 heterocycles. The van der Waals surface area contributed by atoms with Crippen LogP contribution in [0.1, 0.15) is 38.2 Å². The van der Waals surface area contributed by atoms with E-state index in [1.807, 2.05) is 24.0 Å². The average Bonchev–Trinajstić information content (AvgIpc) is 3.57. The van der Waals surface area contributed by atoms with Crippen LogP contribution >= 0.6 is 15.9 Å². The lowest BCUT2D eigenvalue weighted by molar-refractivity contribution is -0.143. The fraction of sp³-hybridized carbons (Fsp3) is 0.636. The molecule has 1 aliphatic carbocycles. The van der Waals surface area contributed by atoms with Crippen LogP contribution in [0.2, 0.25) is 0 Å². The number of hydrogen-bond donors (Lipinski definition) is 1. The van der Waals surface area contributed by atoms with Crippen LogP contribution in [-0.4, -0.2) is 73.1 Å². The van der Waals surface area contributed by atoms with Gasteiger partial charge in [-0.05, 0) is 50.3 Å². The molecule has 1 N–H and O–H groups in total. The number of hydrogen-bond acceptors (Lipinski definition) is 4. The minimum absolute atomic E-state index is 0.114. The quantitative estimate of drug-likeness (QED) is 0.727. The van der Waals surface area contributed by atoms with Gasteiger partial charge >= 0.3 is 0 Å². The summed E-state index contributed by atoms with van der Waals surface area (Å²) in [6.07, 6.45) is 3.63. The molecule has 1 aromatic carbocycles. The largest absolute Gasteiger partial charge is 0.381 e. The Balaban J connectivity index is 1.42. The topological polar surface area (TPSA) is 61.9 Å². The highest BCUT2D eigenvalue weighted by Gasteiger charge is 2.45. The number of rotatable bonds is 5. The van der Waals surface area contributed by atoms with Crippen molar-refractivity contribution in [2.24, 2.45) is 0 Å². The highest BCUT2D eigenvalue weighted by Crippen LogP contribution is 2.37. The van der Waals surface area contributed by atoms with Gasteiger partial charge in [0.1, 0.15) is 0 Å². The van der Waals surface area contributed by atoms with E-state index in [-0.39, 0.29) is 17.9 Å². The molecule has 2 aliphatic heterocycles. The summed E-state index contributed by atoms with van der Waals surface area (Å²) < 4.78 is 6.60. The molecule has 3 fully saturated rings. The summed E-state index contributed by atoms with van der Waals surface area (Å²) in [4.78, 5) is 30.2. The first-order valence-electron chi connectivity index (χ1n) is 10.7. The molecule has 6 nitrogen and oxygen atoms in total. The first kappa shape index (κ1) is 20.8. The summed E-state index contributed by atoms with van der Waals surface area (Å²) in [7, 11) is 0. The third-order valence-corrected chi connectivity index (χ3v) is 7.13. The Bertz CT molecular complexity index is 736. The number of piperazine rings is 1. The maximum Gasteiger partial charge on any atom is 0.237 e. The van der Waals surface area contributed by atoms with Gasteiger partial charge in [0, 0.05) is 49.9 Å². The Morgan fingerprint density at radius 2 is 1.72 bits per heavy atom. The molecule has 3 aliphatic rings. The highest BCUT2D eigenvalue weighted by molar-refractivity contribution is 9.10. The Morgan fingerprint density at radius 3 is 2.31 bits per heavy atom. The van der Waals surface area contributed by atoms with Crippen LogP contribution < -0.4 is 5.32 Å². The zero-order valence-electron chi connectivity index (χ0n) is 17.0. The monoisotopic (exact) mass is 463 g/mol. The summed E-state index contributed by atoms with van der Waals surface area (Å²) >= 11 is 3.49. The third kappa shape index (κ3) is 4.52. The van der Waals surface area contributed by atoms with Gasteiger partial charge in [-0.1, -0.05) is 28.1 Å². The SMILES string of the molecule is CC(C(=O)NC1CC1)N1CCN(C(=O)C2(c3ccc(Br)cc3)CCOCC2)CC1. The molecule has 0 radical (unpaired) electrons. The first-order chi connectivity index (χ1) is 14.0. The van der Waals surface area contributed by atoms with E-state index >= 15 is 0 Å². The van der Waals surface area contributed by atoms with Crippen molar-refractivity contribution in [2.45, 2.75) is 50.1 Å². The molecule has 29 heavy (non-hydrogen) atoms. The standard InChI is InChI=1S/C22H30BrN3O3/c1-16(20(27)24-19-6-7-19)25-10-12-26(13-11-25)21(28)22(8-14-29-15-9-22)17-2-4-18(23)5-3-17/h2-5,16,19H,6-15H2,1H3,(H,24,27). The second-order valence-corrected chi connectivity index (χ2v) is 9.40. The number of nitrogens with one attached hydrogen (secondary N) is 1. The fourth-order valence-electron chi connectivity index (χ4n) is 4.45. The minimum atomic E-state index is -0.504. The van der Waals surface area contributed by atoms with Gasteiger partial charge in [-0.15, -0.1) is 0 Å². The zero-order chi connectivity index (χ0) is 20.4. The third-order valence-electron chi connectivity index (χ3n) is 6.60. The minimum Gasteiger partial charge on any atom is -0.381 e. The lowest BCUT2D eigenvalue weighted by Crippen LogP contribution is -2.58. The van der Waals surface area contributed by atoms with Crippen molar-refractivity contribution in [1.82, 2.24) is 15.1 Å². The van der Waals surface area contributed by atoms with E-state index in [0.717, 1.165) is 36.0 Å². The molecule has 0 aromatic heterocycles. The van der Waals surface area contributed by atoms with Crippen LogP contribution in [0, 0.1) is 0 Å². The Hall–Kier alpha value is -1.44. The second-order valence-electron chi connectivity index (χ2n) is 8.49. The van der Waals surface area contributed by atoms with Gasteiger partial charge in [-0.25, -0.2) is 0 Å². The lowest BCUT2D eigenvalue weighted by Gasteiger charge is -2.44. The Kier molecular flexibility index (Phi) is 6.27. The Morgan fingerprint density at radius 1 is 1.10 bits per heavy atom. The molecular formula is C22H30BrN3O3. The molecule has 7 heteroatoms. The molecule has 0 spiro atoms. The average molecular weight is 464 g/mol. The summed E-state index contributed by atoms with van der Waals surface area (Å²) in [6, 6.07) is 8.39. The number of nitrogens with zero attached hydrogens (tertiary/aromatic N) is 2. The fourth-order valence-corrected chi connectivity index (χ4v) is 4.71. The smallest absolute Gasteiger partial charge is 0.237 e. The number of benzene rings is 1. The van der Waals surface area contributed by atoms with Gasteiger partial charge in [0.15, 0.2) is 0 Å². The van der Waals surface area contributed by atoms with E-state index in [4.69, 9.17) is 4.74 Å². The lowest BCUT2D eigenvalue weighted by atomic mass is 9.73. The molecule has 1 aromatic rings. The van der Waals surface area contributed by atoms with Crippen molar-refractivity contribution in [2.75, 3.05) is 39.4 Å². The zero-order valence-corrected chi connectivity index (χ0v) is 18.6. The number of halogens is 1. The summed E-state index contributed by atoms with van der Waals surface area (Å²) in [5.41, 5.74) is 0.574. The van der Waals surface area contributed by atoms with Gasteiger partial charge < -0.3 is 15.0 Å². The van der Waals surface area contributed by atoms with E-state index in [1.165, 1.54) is 0 Å². The van der Waals surface area contributed by atoms with Crippen LogP contribution in [0.3, 0.4) is 0 Å². The van der Waals surface area contributed by atoms with Gasteiger partial charge in [0.25, 0.3) is 0 Å². The molecule has 1 saturated carbocycles. The summed E-state index contributed by atoms with van der Waals surface area (Å²) in [6.45, 7) is 5.99. The predicted octanol–water partition coefficient (Wildman–Crippen LogP) is 2.31. The molecule has 4 rings (SSSR count). The molecule has 158 valence electrons. The van der Waals surface area contributed by atoms with E-state index in [0.29, 0.717) is 45.2 Å². The van der Waals surface area contributed by atoms with Crippen molar-refractivity contribution in [1.29, 1.82) is 0 Å². The van der Waals surface area contributed by atoms with Crippen molar-refractivity contribution in [3.63, 3.8) is 0 Å². The van der Waals surface area contributed by atoms with Crippen molar-refractivity contribution >= 4 is 27.7 Å². The van der Waals surface area contributed by atoms with Gasteiger partial charge in [-0.3, -0.25) is 14.5 Å². The summed E-state index contributed by atoms with van der Waals surface area (Å²) in [5.74, 6) is 0.320. The van der Waals surface area contributed by atoms with Gasteiger partial charge in [0.2, 0.25) is 11.8 Å². The first-order valence-corrected chi connectivity index (χ1v) is 11.5. The van der Waals surface area contributed by atoms with Gasteiger partial charge in [0.05, 0.1) is 11.5 Å². The molecule has 2 amide bonds. The second kappa shape index (κ2) is 8.74. The number of amides is 2.